The number of nitrogens with one attached hydrogen (secondary N) is 1. The summed E-state index contributed by atoms with van der Waals surface area (Å²) < 4.78 is 5.95. The van der Waals surface area contributed by atoms with Crippen molar-refractivity contribution >= 4 is 27.6 Å². The fourth-order valence-corrected chi connectivity index (χ4v) is 4.29. The first-order valence-electron chi connectivity index (χ1n) is 8.08. The van der Waals surface area contributed by atoms with Crippen molar-refractivity contribution in [3.63, 3.8) is 0 Å². The molecule has 2 aliphatic rings. The first kappa shape index (κ1) is 15.5. The Hall–Kier alpha value is -2.07. The Bertz CT molecular complexity index is 830. The van der Waals surface area contributed by atoms with E-state index in [1.807, 2.05) is 24.3 Å². The predicted octanol–water partition coefficient (Wildman–Crippen LogP) is 5.06. The lowest BCUT2D eigenvalue weighted by Gasteiger charge is -2.37. The molecule has 0 saturated carbocycles. The van der Waals surface area contributed by atoms with E-state index in [9.17, 15) is 4.79 Å². The summed E-state index contributed by atoms with van der Waals surface area (Å²) in [4.78, 5) is 11.8. The molecule has 0 amide bonds. The molecule has 0 saturated heterocycles. The van der Waals surface area contributed by atoms with E-state index in [4.69, 9.17) is 4.74 Å². The maximum absolute atomic E-state index is 11.8. The summed E-state index contributed by atoms with van der Waals surface area (Å²) in [5, 5.41) is 3.68. The van der Waals surface area contributed by atoms with Crippen LogP contribution in [0.4, 0.5) is 5.69 Å². The van der Waals surface area contributed by atoms with Crippen molar-refractivity contribution < 1.29 is 9.53 Å². The van der Waals surface area contributed by atoms with Gasteiger partial charge < -0.3 is 10.1 Å². The Morgan fingerprint density at radius 2 is 2.12 bits per heavy atom. The third kappa shape index (κ3) is 2.55. The first-order valence-corrected chi connectivity index (χ1v) is 8.87. The van der Waals surface area contributed by atoms with Crippen molar-refractivity contribution in [2.45, 2.75) is 18.4 Å². The maximum Gasteiger partial charge on any atom is 0.337 e. The van der Waals surface area contributed by atoms with Crippen LogP contribution < -0.4 is 5.32 Å². The molecule has 4 heteroatoms. The second-order valence-electron chi connectivity index (χ2n) is 6.32. The van der Waals surface area contributed by atoms with Crippen molar-refractivity contribution in [2.24, 2.45) is 5.92 Å². The number of fused-ring (bicyclic) bond motifs is 3. The third-order valence-corrected chi connectivity index (χ3v) is 5.48. The summed E-state index contributed by atoms with van der Waals surface area (Å²) >= 11 is 3.57. The minimum atomic E-state index is -0.287. The van der Waals surface area contributed by atoms with Crippen LogP contribution in [0.15, 0.2) is 59.1 Å². The minimum absolute atomic E-state index is 0.263. The number of benzene rings is 2. The Morgan fingerprint density at radius 1 is 1.25 bits per heavy atom. The van der Waals surface area contributed by atoms with Gasteiger partial charge in [0, 0.05) is 16.1 Å². The molecule has 0 fully saturated rings. The largest absolute Gasteiger partial charge is 0.465 e. The topological polar surface area (TPSA) is 38.3 Å². The molecule has 4 rings (SSSR count). The Kier molecular flexibility index (Phi) is 3.93. The molecule has 1 N–H and O–H groups in total. The maximum atomic E-state index is 11.8. The van der Waals surface area contributed by atoms with E-state index in [1.54, 1.807) is 0 Å². The molecule has 0 bridgehead atoms. The van der Waals surface area contributed by atoms with Gasteiger partial charge in [-0.1, -0.05) is 40.2 Å². The highest BCUT2D eigenvalue weighted by Crippen LogP contribution is 2.50. The molecule has 3 atom stereocenters. The molecule has 24 heavy (non-hydrogen) atoms. The number of carbonyl (C=O) groups excluding carboxylic acids is 1. The van der Waals surface area contributed by atoms with Gasteiger partial charge in [-0.2, -0.15) is 0 Å². The lowest BCUT2D eigenvalue weighted by atomic mass is 9.76. The number of esters is 1. The predicted molar refractivity (Wildman–Crippen MR) is 98.3 cm³/mol. The van der Waals surface area contributed by atoms with Gasteiger partial charge in [0.25, 0.3) is 0 Å². The number of ether oxygens (including phenoxy) is 1. The fraction of sp³-hybridized carbons (Fsp3) is 0.250. The van der Waals surface area contributed by atoms with Gasteiger partial charge >= 0.3 is 5.97 Å². The zero-order valence-corrected chi connectivity index (χ0v) is 14.9. The van der Waals surface area contributed by atoms with Gasteiger partial charge in [-0.15, -0.1) is 0 Å². The first-order chi connectivity index (χ1) is 11.7. The van der Waals surface area contributed by atoms with Gasteiger partial charge in [0.15, 0.2) is 0 Å². The molecule has 2 aromatic carbocycles. The highest BCUT2D eigenvalue weighted by molar-refractivity contribution is 9.10. The van der Waals surface area contributed by atoms with Crippen LogP contribution >= 0.6 is 15.9 Å². The third-order valence-electron chi connectivity index (χ3n) is 4.99. The molecule has 0 spiro atoms. The van der Waals surface area contributed by atoms with Gasteiger partial charge in [-0.25, -0.2) is 4.79 Å². The summed E-state index contributed by atoms with van der Waals surface area (Å²) in [5.41, 5.74) is 4.17. The summed E-state index contributed by atoms with van der Waals surface area (Å²) in [7, 11) is 1.42. The van der Waals surface area contributed by atoms with Crippen LogP contribution in [0.1, 0.15) is 39.9 Å². The Morgan fingerprint density at radius 3 is 2.92 bits per heavy atom. The highest BCUT2D eigenvalue weighted by atomic mass is 79.9. The molecular formula is C20H18BrNO2. The van der Waals surface area contributed by atoms with Crippen LogP contribution in [-0.4, -0.2) is 13.1 Å². The number of anilines is 1. The van der Waals surface area contributed by atoms with Crippen LogP contribution in [0, 0.1) is 5.92 Å². The smallest absolute Gasteiger partial charge is 0.337 e. The molecular weight excluding hydrogens is 366 g/mol. The molecule has 0 unspecified atom stereocenters. The highest BCUT2D eigenvalue weighted by Gasteiger charge is 2.38. The second kappa shape index (κ2) is 6.10. The fourth-order valence-electron chi connectivity index (χ4n) is 3.87. The molecule has 1 heterocycles. The average Bonchev–Trinajstić information content (AvgIpc) is 3.10. The van der Waals surface area contributed by atoms with Gasteiger partial charge in [-0.05, 0) is 53.8 Å². The number of methoxy groups -OCH3 is 1. The normalized spacial score (nSPS) is 24.0. The van der Waals surface area contributed by atoms with Crippen LogP contribution in [0.3, 0.4) is 0 Å². The Balaban J connectivity index is 1.76. The van der Waals surface area contributed by atoms with Crippen molar-refractivity contribution in [1.29, 1.82) is 0 Å². The van der Waals surface area contributed by atoms with Gasteiger partial charge in [-0.3, -0.25) is 0 Å². The van der Waals surface area contributed by atoms with E-state index >= 15 is 0 Å². The number of hydrogen-bond acceptors (Lipinski definition) is 3. The lowest BCUT2D eigenvalue weighted by Crippen LogP contribution is -2.29. The molecule has 1 aliphatic carbocycles. The van der Waals surface area contributed by atoms with E-state index in [-0.39, 0.29) is 12.0 Å². The molecule has 0 aromatic heterocycles. The lowest BCUT2D eigenvalue weighted by molar-refractivity contribution is 0.0600. The number of rotatable bonds is 2. The van der Waals surface area contributed by atoms with E-state index < -0.39 is 0 Å². The van der Waals surface area contributed by atoms with E-state index in [1.165, 1.54) is 18.2 Å². The number of allylic oxidation sites excluding steroid dienone is 2. The molecule has 3 nitrogen and oxygen atoms in total. The molecule has 1 aliphatic heterocycles. The summed E-state index contributed by atoms with van der Waals surface area (Å²) in [5.74, 6) is 0.500. The van der Waals surface area contributed by atoms with Crippen molar-refractivity contribution in [3.05, 3.63) is 75.8 Å². The molecule has 122 valence electrons. The average molecular weight is 384 g/mol. The molecule has 0 radical (unpaired) electrons. The zero-order valence-electron chi connectivity index (χ0n) is 13.3. The van der Waals surface area contributed by atoms with Crippen LogP contribution in [-0.2, 0) is 4.74 Å². The zero-order chi connectivity index (χ0) is 16.7. The SMILES string of the molecule is COC(=O)c1ccc2c(c1)[C@@H]1C=CC[C@@H]1[C@@H](c1cccc(Br)c1)N2. The number of hydrogen-bond donors (Lipinski definition) is 1. The van der Waals surface area contributed by atoms with E-state index in [2.05, 4.69) is 51.6 Å². The second-order valence-corrected chi connectivity index (χ2v) is 7.24. The van der Waals surface area contributed by atoms with Gasteiger partial charge in [0.05, 0.1) is 18.7 Å². The summed E-state index contributed by atoms with van der Waals surface area (Å²) in [6, 6.07) is 14.5. The number of carbonyl (C=O) groups is 1. The standard InChI is InChI=1S/C20H18BrNO2/c1-24-20(23)13-8-9-18-17(11-13)15-6-3-7-16(15)19(22-18)12-4-2-5-14(21)10-12/h2-6,8-11,15-16,19,22H,7H2,1H3/t15-,16+,19-/m1/s1. The van der Waals surface area contributed by atoms with Crippen molar-refractivity contribution in [1.82, 2.24) is 0 Å². The quantitative estimate of drug-likeness (QED) is 0.581. The number of halogens is 1. The summed E-state index contributed by atoms with van der Waals surface area (Å²) in [6.07, 6.45) is 5.56. The summed E-state index contributed by atoms with van der Waals surface area (Å²) in [6.45, 7) is 0. The van der Waals surface area contributed by atoms with Crippen molar-refractivity contribution in [3.8, 4) is 0 Å². The Labute approximate surface area is 149 Å². The van der Waals surface area contributed by atoms with Crippen LogP contribution in [0.5, 0.6) is 0 Å². The van der Waals surface area contributed by atoms with E-state index in [0.717, 1.165) is 16.6 Å². The molecule has 2 aromatic rings. The van der Waals surface area contributed by atoms with Gasteiger partial charge in [0.2, 0.25) is 0 Å². The van der Waals surface area contributed by atoms with Crippen molar-refractivity contribution in [2.75, 3.05) is 12.4 Å². The van der Waals surface area contributed by atoms with Gasteiger partial charge in [0.1, 0.15) is 0 Å². The monoisotopic (exact) mass is 383 g/mol. The van der Waals surface area contributed by atoms with Crippen LogP contribution in [0.2, 0.25) is 0 Å². The van der Waals surface area contributed by atoms with E-state index in [0.29, 0.717) is 17.4 Å². The minimum Gasteiger partial charge on any atom is -0.465 e. The van der Waals surface area contributed by atoms with Crippen LogP contribution in [0.25, 0.3) is 0 Å².